The van der Waals surface area contributed by atoms with E-state index in [4.69, 9.17) is 20.9 Å². The molecule has 0 aliphatic carbocycles. The molecule has 2 atom stereocenters. The molecule has 1 aliphatic rings. The van der Waals surface area contributed by atoms with E-state index in [1.165, 1.54) is 4.90 Å². The number of aryl methyl sites for hydroxylation is 1. The molecule has 1 amide bonds. The Morgan fingerprint density at radius 2 is 2.03 bits per heavy atom. The maximum Gasteiger partial charge on any atom is 0.417 e. The van der Waals surface area contributed by atoms with Crippen molar-refractivity contribution in [2.45, 2.75) is 39.3 Å². The van der Waals surface area contributed by atoms with Gasteiger partial charge in [-0.15, -0.1) is 0 Å². The van der Waals surface area contributed by atoms with Crippen molar-refractivity contribution >= 4 is 29.6 Å². The van der Waals surface area contributed by atoms with Crippen molar-refractivity contribution in [3.05, 3.63) is 46.9 Å². The number of anilines is 2. The summed E-state index contributed by atoms with van der Waals surface area (Å²) < 4.78 is 10.6. The summed E-state index contributed by atoms with van der Waals surface area (Å²) >= 11 is 5.94. The van der Waals surface area contributed by atoms with Crippen LogP contribution in [-0.4, -0.2) is 38.9 Å². The topological polar surface area (TPSA) is 106 Å². The number of rotatable bonds is 6. The molecule has 1 saturated heterocycles. The molecular formula is C20H21ClN6O3. The van der Waals surface area contributed by atoms with Crippen LogP contribution < -0.4 is 10.2 Å². The highest BCUT2D eigenvalue weighted by molar-refractivity contribution is 6.30. The van der Waals surface area contributed by atoms with E-state index in [9.17, 15) is 4.79 Å². The first-order chi connectivity index (χ1) is 14.4. The molecule has 9 nitrogen and oxygen atoms in total. The number of carbonyl (C=O) groups is 1. The van der Waals surface area contributed by atoms with Crippen LogP contribution in [0.15, 0.2) is 34.9 Å². The molecule has 156 valence electrons. The fourth-order valence-electron chi connectivity index (χ4n) is 3.16. The summed E-state index contributed by atoms with van der Waals surface area (Å²) in [4.78, 5) is 26.7. The molecule has 10 heteroatoms. The molecule has 0 bridgehead atoms. The summed E-state index contributed by atoms with van der Waals surface area (Å²) in [7, 11) is 0. The number of aromatic nitrogens is 4. The normalized spacial score (nSPS) is 17.1. The fourth-order valence-corrected chi connectivity index (χ4v) is 3.28. The van der Waals surface area contributed by atoms with E-state index in [0.717, 1.165) is 12.0 Å². The Balaban J connectivity index is 1.54. The first-order valence-corrected chi connectivity index (χ1v) is 10.00. The van der Waals surface area contributed by atoms with Gasteiger partial charge in [0, 0.05) is 16.7 Å². The minimum atomic E-state index is -0.449. The van der Waals surface area contributed by atoms with Crippen LogP contribution in [0, 0.1) is 6.92 Å². The summed E-state index contributed by atoms with van der Waals surface area (Å²) in [5, 5.41) is 8.00. The standard InChI is InChI=1S/C20H21ClN6O3/c1-4-15-10-29-20(28)27(15)19-24-12(3)23-18(25-19)22-11(2)16-9-17(30-26-16)13-5-7-14(21)8-6-13/h5-9,11,15H,4,10H2,1-3H3,(H,22,23,24,25)/t11-,15-/m0/s1. The van der Waals surface area contributed by atoms with Crippen molar-refractivity contribution in [2.75, 3.05) is 16.8 Å². The molecule has 1 fully saturated rings. The molecule has 1 aliphatic heterocycles. The van der Waals surface area contributed by atoms with Crippen molar-refractivity contribution < 1.29 is 14.1 Å². The van der Waals surface area contributed by atoms with Gasteiger partial charge >= 0.3 is 6.09 Å². The van der Waals surface area contributed by atoms with Gasteiger partial charge in [-0.05, 0) is 44.5 Å². The van der Waals surface area contributed by atoms with Gasteiger partial charge in [0.25, 0.3) is 0 Å². The number of benzene rings is 1. The maximum absolute atomic E-state index is 12.1. The second-order valence-electron chi connectivity index (χ2n) is 7.00. The van der Waals surface area contributed by atoms with E-state index < -0.39 is 6.09 Å². The Morgan fingerprint density at radius 1 is 1.27 bits per heavy atom. The number of carbonyl (C=O) groups excluding carboxylic acids is 1. The largest absolute Gasteiger partial charge is 0.447 e. The average Bonchev–Trinajstić information content (AvgIpc) is 3.35. The fraction of sp³-hybridized carbons (Fsp3) is 0.350. The Hall–Kier alpha value is -3.20. The zero-order valence-corrected chi connectivity index (χ0v) is 17.6. The SMILES string of the molecule is CC[C@H]1COC(=O)N1c1nc(C)nc(N[C@@H](C)c2cc(-c3ccc(Cl)cc3)on2)n1. The minimum Gasteiger partial charge on any atom is -0.447 e. The summed E-state index contributed by atoms with van der Waals surface area (Å²) in [6.45, 7) is 5.97. The van der Waals surface area contributed by atoms with E-state index in [1.54, 1.807) is 19.1 Å². The Bertz CT molecular complexity index is 1050. The number of cyclic esters (lactones) is 1. The van der Waals surface area contributed by atoms with Gasteiger partial charge in [-0.1, -0.05) is 23.7 Å². The van der Waals surface area contributed by atoms with Gasteiger partial charge in [-0.25, -0.2) is 9.69 Å². The van der Waals surface area contributed by atoms with Gasteiger partial charge in [0.15, 0.2) is 5.76 Å². The van der Waals surface area contributed by atoms with E-state index in [2.05, 4.69) is 25.4 Å². The summed E-state index contributed by atoms with van der Waals surface area (Å²) in [6.07, 6.45) is 0.290. The van der Waals surface area contributed by atoms with E-state index in [0.29, 0.717) is 34.9 Å². The van der Waals surface area contributed by atoms with Crippen molar-refractivity contribution in [3.63, 3.8) is 0 Å². The monoisotopic (exact) mass is 428 g/mol. The molecule has 4 rings (SSSR count). The lowest BCUT2D eigenvalue weighted by molar-refractivity contribution is 0.178. The second kappa shape index (κ2) is 8.27. The molecular weight excluding hydrogens is 408 g/mol. The van der Waals surface area contributed by atoms with Crippen LogP contribution in [0.3, 0.4) is 0 Å². The van der Waals surface area contributed by atoms with E-state index in [1.807, 2.05) is 32.0 Å². The zero-order chi connectivity index (χ0) is 21.3. The minimum absolute atomic E-state index is 0.0953. The molecule has 0 spiro atoms. The molecule has 3 aromatic rings. The highest BCUT2D eigenvalue weighted by Crippen LogP contribution is 2.27. The van der Waals surface area contributed by atoms with E-state index >= 15 is 0 Å². The van der Waals surface area contributed by atoms with Crippen LogP contribution in [0.5, 0.6) is 0 Å². The quantitative estimate of drug-likeness (QED) is 0.615. The first-order valence-electron chi connectivity index (χ1n) is 9.62. The van der Waals surface area contributed by atoms with Gasteiger partial charge in [0.1, 0.15) is 18.1 Å². The Labute approximate surface area is 178 Å². The molecule has 2 aromatic heterocycles. The van der Waals surface area contributed by atoms with Crippen molar-refractivity contribution in [2.24, 2.45) is 0 Å². The predicted octanol–water partition coefficient (Wildman–Crippen LogP) is 4.40. The molecule has 0 radical (unpaired) electrons. The maximum atomic E-state index is 12.1. The van der Waals surface area contributed by atoms with Gasteiger partial charge in [0.2, 0.25) is 11.9 Å². The van der Waals surface area contributed by atoms with Crippen LogP contribution in [0.1, 0.15) is 37.8 Å². The van der Waals surface area contributed by atoms with E-state index in [-0.39, 0.29) is 18.0 Å². The molecule has 0 saturated carbocycles. The summed E-state index contributed by atoms with van der Waals surface area (Å²) in [5.74, 6) is 1.74. The van der Waals surface area contributed by atoms with Crippen LogP contribution in [-0.2, 0) is 4.74 Å². The number of hydrogen-bond acceptors (Lipinski definition) is 8. The number of ether oxygens (including phenoxy) is 1. The van der Waals surface area contributed by atoms with Gasteiger partial charge in [-0.3, -0.25) is 0 Å². The summed E-state index contributed by atoms with van der Waals surface area (Å²) in [6, 6.07) is 8.84. The number of nitrogens with zero attached hydrogens (tertiary/aromatic N) is 5. The molecule has 0 unspecified atom stereocenters. The highest BCUT2D eigenvalue weighted by atomic mass is 35.5. The molecule has 1 aromatic carbocycles. The van der Waals surface area contributed by atoms with Crippen molar-refractivity contribution in [3.8, 4) is 11.3 Å². The third-order valence-corrected chi connectivity index (χ3v) is 5.08. The zero-order valence-electron chi connectivity index (χ0n) is 16.8. The smallest absolute Gasteiger partial charge is 0.417 e. The highest BCUT2D eigenvalue weighted by Gasteiger charge is 2.35. The van der Waals surface area contributed by atoms with Crippen LogP contribution >= 0.6 is 11.6 Å². The Morgan fingerprint density at radius 3 is 2.77 bits per heavy atom. The van der Waals surface area contributed by atoms with Crippen molar-refractivity contribution in [1.82, 2.24) is 20.1 Å². The third kappa shape index (κ3) is 4.06. The lowest BCUT2D eigenvalue weighted by Gasteiger charge is -2.19. The first kappa shape index (κ1) is 20.1. The lowest BCUT2D eigenvalue weighted by atomic mass is 10.1. The van der Waals surface area contributed by atoms with Gasteiger partial charge in [0.05, 0.1) is 12.1 Å². The number of halogens is 1. The van der Waals surface area contributed by atoms with Crippen LogP contribution in [0.2, 0.25) is 5.02 Å². The predicted molar refractivity (Wildman–Crippen MR) is 111 cm³/mol. The number of nitrogens with one attached hydrogen (secondary N) is 1. The van der Waals surface area contributed by atoms with Gasteiger partial charge < -0.3 is 14.6 Å². The second-order valence-corrected chi connectivity index (χ2v) is 7.44. The number of amides is 1. The molecule has 1 N–H and O–H groups in total. The number of hydrogen-bond donors (Lipinski definition) is 1. The molecule has 30 heavy (non-hydrogen) atoms. The molecule has 3 heterocycles. The van der Waals surface area contributed by atoms with Crippen LogP contribution in [0.25, 0.3) is 11.3 Å². The van der Waals surface area contributed by atoms with Gasteiger partial charge in [-0.2, -0.15) is 15.0 Å². The van der Waals surface area contributed by atoms with Crippen molar-refractivity contribution in [1.29, 1.82) is 0 Å². The third-order valence-electron chi connectivity index (χ3n) is 4.83. The van der Waals surface area contributed by atoms with Crippen LogP contribution in [0.4, 0.5) is 16.7 Å². The Kier molecular flexibility index (Phi) is 5.54. The lowest BCUT2D eigenvalue weighted by Crippen LogP contribution is -2.34. The average molecular weight is 429 g/mol. The summed E-state index contributed by atoms with van der Waals surface area (Å²) in [5.41, 5.74) is 1.56.